The Morgan fingerprint density at radius 3 is 2.50 bits per heavy atom. The van der Waals surface area contributed by atoms with Crippen molar-refractivity contribution in [3.05, 3.63) is 0 Å². The Hall–Kier alpha value is -0.250. The van der Waals surface area contributed by atoms with Gasteiger partial charge in [-0.25, -0.2) is 0 Å². The molecule has 14 heavy (non-hydrogen) atoms. The molecule has 0 aliphatic heterocycles. The molecule has 2 N–H and O–H groups in total. The first-order valence-electron chi connectivity index (χ1n) is 5.21. The first kappa shape index (κ1) is 11.8. The first-order chi connectivity index (χ1) is 6.38. The van der Waals surface area contributed by atoms with Crippen LogP contribution in [0.25, 0.3) is 0 Å². The van der Waals surface area contributed by atoms with Crippen LogP contribution in [0.2, 0.25) is 0 Å². The standard InChI is InChI=1S/C10H18F3N/c1-7-3-2-4-8(5-7)9(14)6-10(11,12)13/h7-9H,2-6,14H2,1H3/t7?,8?,9-/m0/s1. The van der Waals surface area contributed by atoms with Gasteiger partial charge in [-0.3, -0.25) is 0 Å². The maximum atomic E-state index is 12.1. The molecule has 0 spiro atoms. The van der Waals surface area contributed by atoms with Gasteiger partial charge >= 0.3 is 6.18 Å². The molecular formula is C10H18F3N. The van der Waals surface area contributed by atoms with Crippen molar-refractivity contribution in [2.45, 2.75) is 51.2 Å². The van der Waals surface area contributed by atoms with Crippen molar-refractivity contribution < 1.29 is 13.2 Å². The normalized spacial score (nSPS) is 31.5. The monoisotopic (exact) mass is 209 g/mol. The van der Waals surface area contributed by atoms with Crippen LogP contribution in [0.3, 0.4) is 0 Å². The molecule has 1 aliphatic carbocycles. The van der Waals surface area contributed by atoms with Gasteiger partial charge in [-0.2, -0.15) is 13.2 Å². The molecule has 1 nitrogen and oxygen atoms in total. The molecule has 84 valence electrons. The van der Waals surface area contributed by atoms with Crippen LogP contribution in [0.1, 0.15) is 39.0 Å². The largest absolute Gasteiger partial charge is 0.390 e. The molecule has 0 aromatic rings. The average Bonchev–Trinajstić information content (AvgIpc) is 2.01. The highest BCUT2D eigenvalue weighted by atomic mass is 19.4. The van der Waals surface area contributed by atoms with E-state index in [4.69, 9.17) is 5.73 Å². The van der Waals surface area contributed by atoms with Gasteiger partial charge < -0.3 is 5.73 Å². The summed E-state index contributed by atoms with van der Waals surface area (Å²) in [5, 5.41) is 0. The van der Waals surface area contributed by atoms with E-state index in [9.17, 15) is 13.2 Å². The van der Waals surface area contributed by atoms with Crippen molar-refractivity contribution in [1.29, 1.82) is 0 Å². The Labute approximate surface area is 82.9 Å². The van der Waals surface area contributed by atoms with E-state index in [1.807, 2.05) is 0 Å². The van der Waals surface area contributed by atoms with Crippen molar-refractivity contribution >= 4 is 0 Å². The highest BCUT2D eigenvalue weighted by Gasteiger charge is 2.34. The summed E-state index contributed by atoms with van der Waals surface area (Å²) in [6.45, 7) is 2.09. The second-order valence-corrected chi connectivity index (χ2v) is 4.52. The van der Waals surface area contributed by atoms with Gasteiger partial charge in [-0.1, -0.05) is 19.8 Å². The minimum absolute atomic E-state index is 0.0698. The van der Waals surface area contributed by atoms with Crippen LogP contribution in [0.4, 0.5) is 13.2 Å². The Morgan fingerprint density at radius 1 is 1.36 bits per heavy atom. The van der Waals surface area contributed by atoms with Crippen molar-refractivity contribution in [2.75, 3.05) is 0 Å². The zero-order chi connectivity index (χ0) is 10.8. The molecule has 0 amide bonds. The molecule has 1 aliphatic rings. The number of hydrogen-bond acceptors (Lipinski definition) is 1. The molecule has 0 heterocycles. The Bertz CT molecular complexity index is 179. The molecule has 0 aromatic carbocycles. The van der Waals surface area contributed by atoms with Crippen molar-refractivity contribution in [3.8, 4) is 0 Å². The maximum absolute atomic E-state index is 12.1. The van der Waals surface area contributed by atoms with E-state index in [0.29, 0.717) is 5.92 Å². The third-order valence-electron chi connectivity index (χ3n) is 3.05. The first-order valence-corrected chi connectivity index (χ1v) is 5.21. The van der Waals surface area contributed by atoms with Crippen molar-refractivity contribution in [3.63, 3.8) is 0 Å². The lowest BCUT2D eigenvalue weighted by Crippen LogP contribution is -2.37. The maximum Gasteiger partial charge on any atom is 0.390 e. The molecule has 1 rings (SSSR count). The summed E-state index contributed by atoms with van der Waals surface area (Å²) < 4.78 is 36.2. The van der Waals surface area contributed by atoms with Gasteiger partial charge in [0, 0.05) is 6.04 Å². The Kier molecular flexibility index (Phi) is 3.81. The second kappa shape index (κ2) is 4.51. The molecule has 1 fully saturated rings. The average molecular weight is 209 g/mol. The SMILES string of the molecule is CC1CCCC([C@@H](N)CC(F)(F)F)C1. The summed E-state index contributed by atoms with van der Waals surface area (Å²) in [4.78, 5) is 0. The fraction of sp³-hybridized carbons (Fsp3) is 1.00. The summed E-state index contributed by atoms with van der Waals surface area (Å²) in [6, 6.07) is -0.697. The van der Waals surface area contributed by atoms with Gasteiger partial charge in [-0.15, -0.1) is 0 Å². The lowest BCUT2D eigenvalue weighted by Gasteiger charge is -2.31. The zero-order valence-corrected chi connectivity index (χ0v) is 8.48. The predicted molar refractivity (Wildman–Crippen MR) is 49.8 cm³/mol. The number of alkyl halides is 3. The van der Waals surface area contributed by atoms with Crippen LogP contribution in [-0.2, 0) is 0 Å². The van der Waals surface area contributed by atoms with Crippen LogP contribution in [0, 0.1) is 11.8 Å². The molecular weight excluding hydrogens is 191 g/mol. The Morgan fingerprint density at radius 2 is 2.00 bits per heavy atom. The van der Waals surface area contributed by atoms with E-state index in [2.05, 4.69) is 6.92 Å². The quantitative estimate of drug-likeness (QED) is 0.743. The molecule has 2 unspecified atom stereocenters. The summed E-state index contributed by atoms with van der Waals surface area (Å²) in [5.41, 5.74) is 5.58. The molecule has 3 atom stereocenters. The third kappa shape index (κ3) is 3.86. The van der Waals surface area contributed by atoms with E-state index >= 15 is 0 Å². The minimum Gasteiger partial charge on any atom is -0.327 e. The molecule has 1 saturated carbocycles. The molecule has 4 heteroatoms. The van der Waals surface area contributed by atoms with E-state index in [1.165, 1.54) is 0 Å². The number of hydrogen-bond donors (Lipinski definition) is 1. The van der Waals surface area contributed by atoms with E-state index < -0.39 is 18.6 Å². The Balaban J connectivity index is 2.39. The van der Waals surface area contributed by atoms with Crippen LogP contribution in [0.5, 0.6) is 0 Å². The lowest BCUT2D eigenvalue weighted by molar-refractivity contribution is -0.141. The molecule has 0 saturated heterocycles. The molecule has 0 aromatic heterocycles. The lowest BCUT2D eigenvalue weighted by atomic mass is 9.78. The van der Waals surface area contributed by atoms with Crippen molar-refractivity contribution in [2.24, 2.45) is 17.6 Å². The fourth-order valence-electron chi connectivity index (χ4n) is 2.30. The van der Waals surface area contributed by atoms with Crippen LogP contribution >= 0.6 is 0 Å². The fourth-order valence-corrected chi connectivity index (χ4v) is 2.30. The van der Waals surface area contributed by atoms with Crippen LogP contribution in [0.15, 0.2) is 0 Å². The smallest absolute Gasteiger partial charge is 0.327 e. The second-order valence-electron chi connectivity index (χ2n) is 4.52. The third-order valence-corrected chi connectivity index (χ3v) is 3.05. The number of rotatable bonds is 2. The molecule has 0 bridgehead atoms. The van der Waals surface area contributed by atoms with Crippen LogP contribution < -0.4 is 5.73 Å². The highest BCUT2D eigenvalue weighted by Crippen LogP contribution is 2.33. The van der Waals surface area contributed by atoms with Crippen LogP contribution in [-0.4, -0.2) is 12.2 Å². The van der Waals surface area contributed by atoms with E-state index in [1.54, 1.807) is 0 Å². The number of nitrogens with two attached hydrogens (primary N) is 1. The summed E-state index contributed by atoms with van der Waals surface area (Å²) in [5.74, 6) is 0.605. The highest BCUT2D eigenvalue weighted by molar-refractivity contribution is 4.80. The van der Waals surface area contributed by atoms with Gasteiger partial charge in [0.1, 0.15) is 0 Å². The summed E-state index contributed by atoms with van der Waals surface area (Å²) in [7, 11) is 0. The molecule has 0 radical (unpaired) electrons. The predicted octanol–water partition coefficient (Wildman–Crippen LogP) is 3.09. The van der Waals surface area contributed by atoms with E-state index in [-0.39, 0.29) is 5.92 Å². The zero-order valence-electron chi connectivity index (χ0n) is 8.48. The van der Waals surface area contributed by atoms with Gasteiger partial charge in [0.2, 0.25) is 0 Å². The number of halogens is 3. The van der Waals surface area contributed by atoms with Gasteiger partial charge in [0.15, 0.2) is 0 Å². The van der Waals surface area contributed by atoms with Gasteiger partial charge in [0.05, 0.1) is 6.42 Å². The topological polar surface area (TPSA) is 26.0 Å². The summed E-state index contributed by atoms with van der Waals surface area (Å²) in [6.07, 6.45) is -1.06. The minimum atomic E-state index is -4.11. The van der Waals surface area contributed by atoms with Gasteiger partial charge in [-0.05, 0) is 24.7 Å². The summed E-state index contributed by atoms with van der Waals surface area (Å²) >= 11 is 0. The van der Waals surface area contributed by atoms with Crippen molar-refractivity contribution in [1.82, 2.24) is 0 Å². The van der Waals surface area contributed by atoms with Gasteiger partial charge in [0.25, 0.3) is 0 Å². The van der Waals surface area contributed by atoms with E-state index in [0.717, 1.165) is 25.7 Å².